The van der Waals surface area contributed by atoms with Crippen LogP contribution in [0.15, 0.2) is 54.7 Å². The smallest absolute Gasteiger partial charge is 0.308 e. The predicted octanol–water partition coefficient (Wildman–Crippen LogP) is 5.48. The Bertz CT molecular complexity index is 1150. The largest absolute Gasteiger partial charge is 0.485 e. The maximum atomic E-state index is 12.5. The van der Waals surface area contributed by atoms with Gasteiger partial charge in [-0.15, -0.1) is 0 Å². The Balaban J connectivity index is 1.35. The number of aliphatic carboxylic acids is 1. The highest BCUT2D eigenvalue weighted by Crippen LogP contribution is 2.38. The summed E-state index contributed by atoms with van der Waals surface area (Å²) in [7, 11) is 0. The van der Waals surface area contributed by atoms with Crippen molar-refractivity contribution < 1.29 is 24.2 Å². The number of amides is 1. The van der Waals surface area contributed by atoms with Crippen molar-refractivity contribution in [3.63, 3.8) is 0 Å². The molecular weight excluding hydrogens is 452 g/mol. The maximum Gasteiger partial charge on any atom is 0.308 e. The standard InChI is InChI=1S/C26H28N2O5S/c1-16(2)12-19(25(30)31)14-27-24(29)23-15-28-26(34-23)32-20-9-11-22-18(13-20)8-10-21(33-22)17-6-4-3-5-7-17/h3-7,9,11,13,15-16,19,21H,8,10,12,14H2,1-2H3,(H,27,29)(H,30,31)/t19?,21-/m0/s1. The molecule has 0 bridgehead atoms. The van der Waals surface area contributed by atoms with Crippen molar-refractivity contribution in [2.45, 2.75) is 39.2 Å². The molecule has 178 valence electrons. The molecule has 3 aromatic rings. The topological polar surface area (TPSA) is 97.8 Å². The first kappa shape index (κ1) is 23.8. The molecule has 2 N–H and O–H groups in total. The minimum absolute atomic E-state index is 0.0433. The molecule has 2 atom stereocenters. The summed E-state index contributed by atoms with van der Waals surface area (Å²) in [5.41, 5.74) is 2.24. The number of hydrogen-bond donors (Lipinski definition) is 2. The Morgan fingerprint density at radius 3 is 2.76 bits per heavy atom. The summed E-state index contributed by atoms with van der Waals surface area (Å²) in [6.45, 7) is 3.99. The predicted molar refractivity (Wildman–Crippen MR) is 130 cm³/mol. The van der Waals surface area contributed by atoms with Crippen LogP contribution in [0, 0.1) is 11.8 Å². The molecule has 1 aromatic heterocycles. The van der Waals surface area contributed by atoms with Crippen LogP contribution in [0.3, 0.4) is 0 Å². The van der Waals surface area contributed by atoms with Gasteiger partial charge in [-0.1, -0.05) is 55.5 Å². The fourth-order valence-corrected chi connectivity index (χ4v) is 4.69. The van der Waals surface area contributed by atoms with Gasteiger partial charge in [0.1, 0.15) is 22.5 Å². The molecule has 2 heterocycles. The monoisotopic (exact) mass is 480 g/mol. The average molecular weight is 481 g/mol. The molecule has 7 nitrogen and oxygen atoms in total. The van der Waals surface area contributed by atoms with E-state index in [1.54, 1.807) is 0 Å². The Morgan fingerprint density at radius 1 is 1.24 bits per heavy atom. The molecule has 0 fully saturated rings. The first-order valence-electron chi connectivity index (χ1n) is 11.4. The number of hydrogen-bond acceptors (Lipinski definition) is 6. The van der Waals surface area contributed by atoms with Gasteiger partial charge in [-0.05, 0) is 54.5 Å². The van der Waals surface area contributed by atoms with Crippen LogP contribution in [0.5, 0.6) is 16.7 Å². The molecule has 0 saturated heterocycles. The van der Waals surface area contributed by atoms with Crippen LogP contribution < -0.4 is 14.8 Å². The minimum Gasteiger partial charge on any atom is -0.485 e. The molecule has 1 unspecified atom stereocenters. The number of aryl methyl sites for hydroxylation is 1. The lowest BCUT2D eigenvalue weighted by Crippen LogP contribution is -2.33. The second kappa shape index (κ2) is 10.7. The number of fused-ring (bicyclic) bond motifs is 1. The van der Waals surface area contributed by atoms with Gasteiger partial charge in [0.15, 0.2) is 0 Å². The molecular formula is C26H28N2O5S. The van der Waals surface area contributed by atoms with Crippen LogP contribution >= 0.6 is 11.3 Å². The number of carbonyl (C=O) groups excluding carboxylic acids is 1. The Kier molecular flexibility index (Phi) is 7.47. The van der Waals surface area contributed by atoms with Crippen LogP contribution in [0.2, 0.25) is 0 Å². The van der Waals surface area contributed by atoms with E-state index in [0.29, 0.717) is 22.2 Å². The fourth-order valence-electron chi connectivity index (χ4n) is 3.99. The second-order valence-electron chi connectivity index (χ2n) is 8.79. The van der Waals surface area contributed by atoms with E-state index in [1.165, 1.54) is 11.8 Å². The quantitative estimate of drug-likeness (QED) is 0.421. The number of benzene rings is 2. The fraction of sp³-hybridized carbons (Fsp3) is 0.346. The van der Waals surface area contributed by atoms with Gasteiger partial charge in [0.05, 0.1) is 12.1 Å². The van der Waals surface area contributed by atoms with Gasteiger partial charge in [-0.2, -0.15) is 0 Å². The lowest BCUT2D eigenvalue weighted by atomic mass is 9.97. The molecule has 4 rings (SSSR count). The van der Waals surface area contributed by atoms with Crippen molar-refractivity contribution in [1.82, 2.24) is 10.3 Å². The van der Waals surface area contributed by atoms with E-state index < -0.39 is 11.9 Å². The molecule has 2 aromatic carbocycles. The van der Waals surface area contributed by atoms with Gasteiger partial charge in [0.2, 0.25) is 0 Å². The summed E-state index contributed by atoms with van der Waals surface area (Å²) >= 11 is 1.12. The zero-order chi connectivity index (χ0) is 24.1. The number of nitrogens with one attached hydrogen (secondary N) is 1. The number of nitrogens with zero attached hydrogens (tertiary/aromatic N) is 1. The highest BCUT2D eigenvalue weighted by atomic mass is 32.1. The van der Waals surface area contributed by atoms with Crippen molar-refractivity contribution in [3.05, 3.63) is 70.7 Å². The van der Waals surface area contributed by atoms with Crippen LogP contribution in [0.1, 0.15) is 53.6 Å². The third-order valence-corrected chi connectivity index (χ3v) is 6.55. The van der Waals surface area contributed by atoms with Crippen LogP contribution in [0.4, 0.5) is 0 Å². The summed E-state index contributed by atoms with van der Waals surface area (Å²) in [6.07, 6.45) is 3.75. The van der Waals surface area contributed by atoms with E-state index in [4.69, 9.17) is 9.47 Å². The molecule has 8 heteroatoms. The SMILES string of the molecule is CC(C)CC(CNC(=O)c1cnc(Oc2ccc3c(c2)CC[C@@H](c2ccccc2)O3)s1)C(=O)O. The number of rotatable bonds is 9. The number of aromatic nitrogens is 1. The third kappa shape index (κ3) is 5.94. The van der Waals surface area contributed by atoms with E-state index in [2.05, 4.69) is 22.4 Å². The van der Waals surface area contributed by atoms with Crippen molar-refractivity contribution in [2.24, 2.45) is 11.8 Å². The summed E-state index contributed by atoms with van der Waals surface area (Å²) < 4.78 is 12.1. The van der Waals surface area contributed by atoms with Crippen LogP contribution in [-0.2, 0) is 11.2 Å². The number of carboxylic acids is 1. The average Bonchev–Trinajstić information content (AvgIpc) is 3.30. The van der Waals surface area contributed by atoms with Gasteiger partial charge in [-0.25, -0.2) is 4.98 Å². The van der Waals surface area contributed by atoms with Crippen LogP contribution in [0.25, 0.3) is 0 Å². The van der Waals surface area contributed by atoms with E-state index in [1.807, 2.05) is 50.2 Å². The van der Waals surface area contributed by atoms with Crippen molar-refractivity contribution in [1.29, 1.82) is 0 Å². The van der Waals surface area contributed by atoms with Gasteiger partial charge in [-0.3, -0.25) is 9.59 Å². The van der Waals surface area contributed by atoms with E-state index in [9.17, 15) is 14.7 Å². The molecule has 0 aliphatic carbocycles. The zero-order valence-corrected chi connectivity index (χ0v) is 20.0. The van der Waals surface area contributed by atoms with Gasteiger partial charge in [0.25, 0.3) is 11.1 Å². The number of thiazole rings is 1. The normalized spacial score (nSPS) is 15.8. The number of carboxylic acid groups (broad SMARTS) is 1. The van der Waals surface area contributed by atoms with Crippen molar-refractivity contribution in [3.8, 4) is 16.7 Å². The highest BCUT2D eigenvalue weighted by Gasteiger charge is 2.23. The van der Waals surface area contributed by atoms with Gasteiger partial charge in [0, 0.05) is 6.54 Å². The molecule has 1 amide bonds. The molecule has 34 heavy (non-hydrogen) atoms. The molecule has 1 aliphatic heterocycles. The minimum atomic E-state index is -0.909. The molecule has 0 radical (unpaired) electrons. The summed E-state index contributed by atoms with van der Waals surface area (Å²) in [6, 6.07) is 15.9. The van der Waals surface area contributed by atoms with Gasteiger partial charge >= 0.3 is 5.97 Å². The maximum absolute atomic E-state index is 12.5. The number of carbonyl (C=O) groups is 2. The Morgan fingerprint density at radius 2 is 2.03 bits per heavy atom. The second-order valence-corrected chi connectivity index (χ2v) is 9.79. The summed E-state index contributed by atoms with van der Waals surface area (Å²) in [5, 5.41) is 12.4. The summed E-state index contributed by atoms with van der Waals surface area (Å²) in [5.74, 6) is -0.174. The van der Waals surface area contributed by atoms with E-state index in [0.717, 1.165) is 35.5 Å². The van der Waals surface area contributed by atoms with Gasteiger partial charge < -0.3 is 19.9 Å². The first-order valence-corrected chi connectivity index (χ1v) is 12.2. The zero-order valence-electron chi connectivity index (χ0n) is 19.2. The third-order valence-electron chi connectivity index (χ3n) is 5.68. The van der Waals surface area contributed by atoms with Crippen molar-refractivity contribution >= 4 is 23.2 Å². The Labute approximate surface area is 202 Å². The lowest BCUT2D eigenvalue weighted by Gasteiger charge is -2.26. The van der Waals surface area contributed by atoms with E-state index >= 15 is 0 Å². The Hall–Kier alpha value is -3.39. The van der Waals surface area contributed by atoms with Crippen molar-refractivity contribution in [2.75, 3.05) is 6.54 Å². The highest BCUT2D eigenvalue weighted by molar-refractivity contribution is 7.15. The lowest BCUT2D eigenvalue weighted by molar-refractivity contribution is -0.142. The molecule has 1 aliphatic rings. The summed E-state index contributed by atoms with van der Waals surface area (Å²) in [4.78, 5) is 28.4. The first-order chi connectivity index (χ1) is 16.4. The molecule has 0 saturated carbocycles. The number of ether oxygens (including phenoxy) is 2. The van der Waals surface area contributed by atoms with Crippen LogP contribution in [-0.4, -0.2) is 28.5 Å². The molecule has 0 spiro atoms. The van der Waals surface area contributed by atoms with E-state index in [-0.39, 0.29) is 24.5 Å².